The average Bonchev–Trinajstić information content (AvgIpc) is 2.52. The summed E-state index contributed by atoms with van der Waals surface area (Å²) in [7, 11) is 0. The van der Waals surface area contributed by atoms with Crippen molar-refractivity contribution >= 4 is 0 Å². The molecule has 0 aliphatic heterocycles. The molecule has 0 aliphatic rings. The predicted octanol–water partition coefficient (Wildman–Crippen LogP) is 6.18. The molecule has 0 fully saturated rings. The zero-order valence-corrected chi connectivity index (χ0v) is 15.5. The van der Waals surface area contributed by atoms with E-state index in [4.69, 9.17) is 0 Å². The van der Waals surface area contributed by atoms with Gasteiger partial charge in [-0.2, -0.15) is 0 Å². The highest BCUT2D eigenvalue weighted by atomic mass is 16.3. The van der Waals surface area contributed by atoms with Crippen LogP contribution in [0.4, 0.5) is 0 Å². The van der Waals surface area contributed by atoms with Crippen LogP contribution >= 0.6 is 0 Å². The van der Waals surface area contributed by atoms with Crippen molar-refractivity contribution in [3.63, 3.8) is 0 Å². The van der Waals surface area contributed by atoms with Gasteiger partial charge in [0.25, 0.3) is 0 Å². The molecule has 0 heterocycles. The smallest absolute Gasteiger partial charge is 0.104 e. The van der Waals surface area contributed by atoms with E-state index in [9.17, 15) is 5.11 Å². The van der Waals surface area contributed by atoms with Gasteiger partial charge in [-0.15, -0.1) is 0 Å². The van der Waals surface area contributed by atoms with E-state index in [2.05, 4.69) is 19.2 Å². The number of hydrogen-bond acceptors (Lipinski definition) is 2. The summed E-state index contributed by atoms with van der Waals surface area (Å²) in [6.45, 7) is 5.50. The Morgan fingerprint density at radius 3 is 1.50 bits per heavy atom. The first kappa shape index (κ1) is 21.9. The Morgan fingerprint density at radius 1 is 0.591 bits per heavy atom. The largest absolute Gasteiger partial charge is 0.379 e. The molecular formula is C20H43NO. The lowest BCUT2D eigenvalue weighted by Gasteiger charge is -2.12. The maximum absolute atomic E-state index is 9.88. The van der Waals surface area contributed by atoms with Gasteiger partial charge in [-0.05, 0) is 25.8 Å². The summed E-state index contributed by atoms with van der Waals surface area (Å²) in [4.78, 5) is 0. The van der Waals surface area contributed by atoms with Gasteiger partial charge in [-0.3, -0.25) is 5.32 Å². The zero-order valence-electron chi connectivity index (χ0n) is 15.5. The molecule has 2 heteroatoms. The predicted molar refractivity (Wildman–Crippen MR) is 99.2 cm³/mol. The lowest BCUT2D eigenvalue weighted by Crippen LogP contribution is -2.29. The van der Waals surface area contributed by atoms with Crippen molar-refractivity contribution in [3.8, 4) is 0 Å². The van der Waals surface area contributed by atoms with E-state index in [1.54, 1.807) is 0 Å². The Hall–Kier alpha value is -0.0800. The molecule has 1 unspecified atom stereocenters. The Labute approximate surface area is 140 Å². The molecule has 22 heavy (non-hydrogen) atoms. The molecule has 2 N–H and O–H groups in total. The highest BCUT2D eigenvalue weighted by molar-refractivity contribution is 4.56. The third-order valence-electron chi connectivity index (χ3n) is 4.49. The minimum absolute atomic E-state index is 0.278. The average molecular weight is 314 g/mol. The normalized spacial score (nSPS) is 12.7. The van der Waals surface area contributed by atoms with Gasteiger partial charge >= 0.3 is 0 Å². The minimum atomic E-state index is -0.278. The fourth-order valence-corrected chi connectivity index (χ4v) is 2.92. The SMILES string of the molecule is CCCCCCCCCCNC(O)CCCCCCCCC. The van der Waals surface area contributed by atoms with Gasteiger partial charge in [0.15, 0.2) is 0 Å². The number of nitrogens with one attached hydrogen (secondary N) is 1. The molecule has 0 saturated heterocycles. The van der Waals surface area contributed by atoms with E-state index >= 15 is 0 Å². The van der Waals surface area contributed by atoms with Gasteiger partial charge in [-0.25, -0.2) is 0 Å². The first-order valence-electron chi connectivity index (χ1n) is 10.2. The van der Waals surface area contributed by atoms with Crippen LogP contribution in [-0.4, -0.2) is 17.9 Å². The molecule has 0 rings (SSSR count). The van der Waals surface area contributed by atoms with Crippen molar-refractivity contribution in [1.29, 1.82) is 0 Å². The Morgan fingerprint density at radius 2 is 1.00 bits per heavy atom. The summed E-state index contributed by atoms with van der Waals surface area (Å²) in [5.41, 5.74) is 0. The first-order chi connectivity index (χ1) is 10.8. The molecule has 134 valence electrons. The molecule has 0 aliphatic carbocycles. The molecule has 0 spiro atoms. The van der Waals surface area contributed by atoms with Crippen LogP contribution in [0.3, 0.4) is 0 Å². The summed E-state index contributed by atoms with van der Waals surface area (Å²) in [6.07, 6.45) is 20.7. The Bertz CT molecular complexity index is 196. The molecule has 0 saturated carbocycles. The van der Waals surface area contributed by atoms with Crippen molar-refractivity contribution in [1.82, 2.24) is 5.32 Å². The molecule has 0 radical (unpaired) electrons. The summed E-state index contributed by atoms with van der Waals surface area (Å²) in [5.74, 6) is 0. The van der Waals surface area contributed by atoms with E-state index < -0.39 is 0 Å². The lowest BCUT2D eigenvalue weighted by molar-refractivity contribution is 0.124. The second kappa shape index (κ2) is 19.0. The lowest BCUT2D eigenvalue weighted by atomic mass is 10.1. The first-order valence-corrected chi connectivity index (χ1v) is 10.2. The monoisotopic (exact) mass is 313 g/mol. The van der Waals surface area contributed by atoms with Crippen LogP contribution in [0.2, 0.25) is 0 Å². The van der Waals surface area contributed by atoms with Crippen LogP contribution in [0.15, 0.2) is 0 Å². The van der Waals surface area contributed by atoms with Crippen LogP contribution in [0, 0.1) is 0 Å². The minimum Gasteiger partial charge on any atom is -0.379 e. The molecule has 0 aromatic rings. The van der Waals surface area contributed by atoms with E-state index in [0.717, 1.165) is 19.4 Å². The van der Waals surface area contributed by atoms with E-state index in [1.807, 2.05) is 0 Å². The molecule has 2 nitrogen and oxygen atoms in total. The van der Waals surface area contributed by atoms with Crippen LogP contribution < -0.4 is 5.32 Å². The van der Waals surface area contributed by atoms with E-state index in [-0.39, 0.29) is 6.23 Å². The Balaban J connectivity index is 3.11. The number of hydrogen-bond donors (Lipinski definition) is 2. The standard InChI is InChI=1S/C20H43NO/c1-3-5-7-9-11-13-15-17-19-21-20(22)18-16-14-12-10-8-6-4-2/h20-22H,3-19H2,1-2H3. The number of rotatable bonds is 18. The molecule has 0 aromatic heterocycles. The van der Waals surface area contributed by atoms with Gasteiger partial charge in [0.05, 0.1) is 0 Å². The Kier molecular flexibility index (Phi) is 18.9. The zero-order chi connectivity index (χ0) is 16.3. The molecule has 1 atom stereocenters. The second-order valence-corrected chi connectivity index (χ2v) is 6.85. The van der Waals surface area contributed by atoms with Crippen molar-refractivity contribution < 1.29 is 5.11 Å². The van der Waals surface area contributed by atoms with Crippen molar-refractivity contribution in [2.75, 3.05) is 6.54 Å². The summed E-state index contributed by atoms with van der Waals surface area (Å²) in [5, 5.41) is 13.1. The van der Waals surface area contributed by atoms with Crippen LogP contribution in [0.25, 0.3) is 0 Å². The summed E-state index contributed by atoms with van der Waals surface area (Å²) < 4.78 is 0. The fraction of sp³-hybridized carbons (Fsp3) is 1.00. The molecule has 0 aromatic carbocycles. The summed E-state index contributed by atoms with van der Waals surface area (Å²) in [6, 6.07) is 0. The van der Waals surface area contributed by atoms with Gasteiger partial charge in [0.1, 0.15) is 6.23 Å². The van der Waals surface area contributed by atoms with E-state index in [1.165, 1.54) is 89.9 Å². The van der Waals surface area contributed by atoms with Crippen molar-refractivity contribution in [3.05, 3.63) is 0 Å². The van der Waals surface area contributed by atoms with Gasteiger partial charge in [0, 0.05) is 0 Å². The number of aliphatic hydroxyl groups excluding tert-OH is 1. The van der Waals surface area contributed by atoms with Crippen molar-refractivity contribution in [2.24, 2.45) is 0 Å². The van der Waals surface area contributed by atoms with Crippen LogP contribution in [0.1, 0.15) is 117 Å². The molecule has 0 bridgehead atoms. The highest BCUT2D eigenvalue weighted by Crippen LogP contribution is 2.10. The van der Waals surface area contributed by atoms with Crippen LogP contribution in [-0.2, 0) is 0 Å². The fourth-order valence-electron chi connectivity index (χ4n) is 2.92. The summed E-state index contributed by atoms with van der Waals surface area (Å²) >= 11 is 0. The second-order valence-electron chi connectivity index (χ2n) is 6.85. The van der Waals surface area contributed by atoms with Gasteiger partial charge in [-0.1, -0.05) is 97.3 Å². The highest BCUT2D eigenvalue weighted by Gasteiger charge is 2.02. The van der Waals surface area contributed by atoms with Gasteiger partial charge < -0.3 is 5.11 Å². The van der Waals surface area contributed by atoms with E-state index in [0.29, 0.717) is 0 Å². The van der Waals surface area contributed by atoms with Gasteiger partial charge in [0.2, 0.25) is 0 Å². The molecule has 0 amide bonds. The van der Waals surface area contributed by atoms with Crippen LogP contribution in [0.5, 0.6) is 0 Å². The third-order valence-corrected chi connectivity index (χ3v) is 4.49. The van der Waals surface area contributed by atoms with Crippen molar-refractivity contribution in [2.45, 2.75) is 123 Å². The number of unbranched alkanes of at least 4 members (excludes halogenated alkanes) is 13. The third kappa shape index (κ3) is 18.0. The topological polar surface area (TPSA) is 32.3 Å². The quantitative estimate of drug-likeness (QED) is 0.234. The maximum Gasteiger partial charge on any atom is 0.104 e. The molecular weight excluding hydrogens is 270 g/mol. The number of aliphatic hydroxyl groups is 1. The maximum atomic E-state index is 9.88.